The second kappa shape index (κ2) is 10.6. The van der Waals surface area contributed by atoms with E-state index >= 15 is 0 Å². The van der Waals surface area contributed by atoms with Gasteiger partial charge in [-0.15, -0.1) is 0 Å². The van der Waals surface area contributed by atoms with Crippen LogP contribution in [-0.2, 0) is 4.79 Å². The predicted octanol–water partition coefficient (Wildman–Crippen LogP) is 4.38. The van der Waals surface area contributed by atoms with Gasteiger partial charge in [0.2, 0.25) is 0 Å². The third-order valence-electron chi connectivity index (χ3n) is 7.31. The van der Waals surface area contributed by atoms with Crippen LogP contribution in [0.2, 0.25) is 0 Å². The zero-order valence-electron chi connectivity index (χ0n) is 20.7. The molecule has 0 spiro atoms. The molecule has 0 bridgehead atoms. The van der Waals surface area contributed by atoms with Gasteiger partial charge in [-0.05, 0) is 74.9 Å². The van der Waals surface area contributed by atoms with E-state index in [1.54, 1.807) is 6.07 Å². The third-order valence-corrected chi connectivity index (χ3v) is 7.31. The molecule has 0 aromatic heterocycles. The Bertz CT molecular complexity index is 1030. The summed E-state index contributed by atoms with van der Waals surface area (Å²) in [7, 11) is 1.51. The highest BCUT2D eigenvalue weighted by atomic mass is 19.1. The molecule has 2 atom stereocenters. The van der Waals surface area contributed by atoms with Crippen molar-refractivity contribution in [1.29, 1.82) is 0 Å². The molecule has 1 unspecified atom stereocenters. The maximum Gasteiger partial charge on any atom is 0.257 e. The van der Waals surface area contributed by atoms with E-state index in [0.29, 0.717) is 24.4 Å². The minimum atomic E-state index is -0.327. The fourth-order valence-corrected chi connectivity index (χ4v) is 5.39. The fraction of sp³-hybridized carbons (Fsp3) is 0.519. The molecule has 2 saturated heterocycles. The summed E-state index contributed by atoms with van der Waals surface area (Å²) in [6, 6.07) is 10.2. The standard InChI is InChI=1S/C27H36FN3O3/c1-5-29-27(32)17-34-25-12-10-22(18(2)19(25)3)24-8-6-7-21-16-30(13-14-31(21)24)20-9-11-23(28)26(15-20)33-4/h9-12,15,21,24H,5-8,13-14,16-17H2,1-4H3,(H,29,32)/t21?,24-/m1/s1. The van der Waals surface area contributed by atoms with Gasteiger partial charge in [-0.3, -0.25) is 9.69 Å². The van der Waals surface area contributed by atoms with E-state index in [4.69, 9.17) is 9.47 Å². The van der Waals surface area contributed by atoms with Crippen LogP contribution in [0.25, 0.3) is 0 Å². The number of piperidine rings is 1. The summed E-state index contributed by atoms with van der Waals surface area (Å²) in [5.74, 6) is 0.638. The summed E-state index contributed by atoms with van der Waals surface area (Å²) in [6.07, 6.45) is 3.48. The molecule has 2 aliphatic heterocycles. The Morgan fingerprint density at radius 3 is 2.71 bits per heavy atom. The number of nitrogens with zero attached hydrogens (tertiary/aromatic N) is 2. The number of hydrogen-bond acceptors (Lipinski definition) is 5. The van der Waals surface area contributed by atoms with E-state index in [-0.39, 0.29) is 18.3 Å². The lowest BCUT2D eigenvalue weighted by atomic mass is 9.86. The average Bonchev–Trinajstić information content (AvgIpc) is 2.85. The molecule has 2 aromatic rings. The van der Waals surface area contributed by atoms with Crippen LogP contribution in [0.3, 0.4) is 0 Å². The third kappa shape index (κ3) is 4.99. The molecule has 1 amide bonds. The Labute approximate surface area is 202 Å². The van der Waals surface area contributed by atoms with Crippen LogP contribution in [0.5, 0.6) is 11.5 Å². The topological polar surface area (TPSA) is 54.0 Å². The zero-order chi connectivity index (χ0) is 24.2. The van der Waals surface area contributed by atoms with Crippen molar-refractivity contribution in [2.24, 2.45) is 0 Å². The Morgan fingerprint density at radius 2 is 1.94 bits per heavy atom. The maximum absolute atomic E-state index is 13.9. The molecule has 7 heteroatoms. The molecule has 0 aliphatic carbocycles. The van der Waals surface area contributed by atoms with Gasteiger partial charge in [0.15, 0.2) is 18.2 Å². The van der Waals surface area contributed by atoms with Gasteiger partial charge in [-0.25, -0.2) is 4.39 Å². The minimum absolute atomic E-state index is 0.0368. The summed E-state index contributed by atoms with van der Waals surface area (Å²) in [5, 5.41) is 2.77. The Morgan fingerprint density at radius 1 is 1.12 bits per heavy atom. The van der Waals surface area contributed by atoms with E-state index in [9.17, 15) is 9.18 Å². The summed E-state index contributed by atoms with van der Waals surface area (Å²) >= 11 is 0. The Hall–Kier alpha value is -2.80. The fourth-order valence-electron chi connectivity index (χ4n) is 5.39. The van der Waals surface area contributed by atoms with Crippen molar-refractivity contribution in [2.75, 3.05) is 44.8 Å². The van der Waals surface area contributed by atoms with Crippen LogP contribution < -0.4 is 19.7 Å². The van der Waals surface area contributed by atoms with E-state index in [0.717, 1.165) is 49.5 Å². The van der Waals surface area contributed by atoms with Gasteiger partial charge in [-0.2, -0.15) is 0 Å². The number of ether oxygens (including phenoxy) is 2. The second-order valence-corrected chi connectivity index (χ2v) is 9.25. The van der Waals surface area contributed by atoms with Gasteiger partial charge in [0.25, 0.3) is 5.91 Å². The number of piperazine rings is 1. The molecular formula is C27H36FN3O3. The van der Waals surface area contributed by atoms with Crippen LogP contribution in [-0.4, -0.2) is 56.7 Å². The number of carbonyl (C=O) groups excluding carboxylic acids is 1. The number of benzene rings is 2. The van der Waals surface area contributed by atoms with Crippen LogP contribution in [0, 0.1) is 19.7 Å². The molecule has 4 rings (SSSR count). The van der Waals surface area contributed by atoms with Crippen molar-refractivity contribution in [3.8, 4) is 11.5 Å². The molecule has 1 N–H and O–H groups in total. The van der Waals surface area contributed by atoms with Crippen LogP contribution in [0.15, 0.2) is 30.3 Å². The second-order valence-electron chi connectivity index (χ2n) is 9.25. The molecule has 184 valence electrons. The normalized spacial score (nSPS) is 20.6. The van der Waals surface area contributed by atoms with Crippen LogP contribution in [0.1, 0.15) is 48.9 Å². The lowest BCUT2D eigenvalue weighted by Gasteiger charge is -2.49. The largest absolute Gasteiger partial charge is 0.494 e. The first-order valence-corrected chi connectivity index (χ1v) is 12.3. The molecule has 2 aromatic carbocycles. The smallest absolute Gasteiger partial charge is 0.257 e. The molecular weight excluding hydrogens is 433 g/mol. The van der Waals surface area contributed by atoms with Crippen molar-refractivity contribution >= 4 is 11.6 Å². The van der Waals surface area contributed by atoms with Crippen molar-refractivity contribution in [3.63, 3.8) is 0 Å². The SMILES string of the molecule is CCNC(=O)COc1ccc([C@H]2CCCC3CN(c4ccc(F)c(OC)c4)CCN32)c(C)c1C. The van der Waals surface area contributed by atoms with E-state index in [1.807, 2.05) is 19.1 Å². The first-order chi connectivity index (χ1) is 16.4. The summed E-state index contributed by atoms with van der Waals surface area (Å²) in [4.78, 5) is 16.8. The minimum Gasteiger partial charge on any atom is -0.494 e. The van der Waals surface area contributed by atoms with Crippen molar-refractivity contribution < 1.29 is 18.7 Å². The number of fused-ring (bicyclic) bond motifs is 1. The number of carbonyl (C=O) groups is 1. The summed E-state index contributed by atoms with van der Waals surface area (Å²) < 4.78 is 24.9. The van der Waals surface area contributed by atoms with E-state index in [2.05, 4.69) is 35.0 Å². The zero-order valence-corrected chi connectivity index (χ0v) is 20.7. The van der Waals surface area contributed by atoms with Crippen LogP contribution >= 0.6 is 0 Å². The highest BCUT2D eigenvalue weighted by molar-refractivity contribution is 5.77. The molecule has 0 saturated carbocycles. The lowest BCUT2D eigenvalue weighted by Crippen LogP contribution is -2.56. The molecule has 6 nitrogen and oxygen atoms in total. The Kier molecular flexibility index (Phi) is 7.61. The van der Waals surface area contributed by atoms with Crippen molar-refractivity contribution in [2.45, 2.75) is 52.1 Å². The van der Waals surface area contributed by atoms with Gasteiger partial charge < -0.3 is 19.7 Å². The van der Waals surface area contributed by atoms with Crippen molar-refractivity contribution in [3.05, 3.63) is 52.8 Å². The van der Waals surface area contributed by atoms with Gasteiger partial charge in [0, 0.05) is 50.0 Å². The number of amides is 1. The summed E-state index contributed by atoms with van der Waals surface area (Å²) in [5.41, 5.74) is 4.70. The quantitative estimate of drug-likeness (QED) is 0.652. The monoisotopic (exact) mass is 469 g/mol. The Balaban J connectivity index is 1.48. The molecule has 2 fully saturated rings. The first-order valence-electron chi connectivity index (χ1n) is 12.3. The number of rotatable bonds is 7. The van der Waals surface area contributed by atoms with Crippen LogP contribution in [0.4, 0.5) is 10.1 Å². The number of halogens is 1. The molecule has 2 heterocycles. The highest BCUT2D eigenvalue weighted by Crippen LogP contribution is 2.40. The summed E-state index contributed by atoms with van der Waals surface area (Å²) in [6.45, 7) is 9.56. The van der Waals surface area contributed by atoms with Gasteiger partial charge >= 0.3 is 0 Å². The first kappa shape index (κ1) is 24.3. The predicted molar refractivity (Wildman–Crippen MR) is 132 cm³/mol. The van der Waals surface area contributed by atoms with Gasteiger partial charge in [-0.1, -0.05) is 6.07 Å². The molecule has 34 heavy (non-hydrogen) atoms. The lowest BCUT2D eigenvalue weighted by molar-refractivity contribution is -0.122. The van der Waals surface area contributed by atoms with E-state index in [1.165, 1.54) is 30.7 Å². The number of methoxy groups -OCH3 is 1. The number of nitrogens with one attached hydrogen (secondary N) is 1. The number of likely N-dealkylation sites (N-methyl/N-ethyl adjacent to an activating group) is 1. The van der Waals surface area contributed by atoms with Gasteiger partial charge in [0.1, 0.15) is 5.75 Å². The van der Waals surface area contributed by atoms with Gasteiger partial charge in [0.05, 0.1) is 7.11 Å². The maximum atomic E-state index is 13.9. The van der Waals surface area contributed by atoms with E-state index < -0.39 is 0 Å². The number of anilines is 1. The average molecular weight is 470 g/mol. The number of hydrogen-bond donors (Lipinski definition) is 1. The molecule has 2 aliphatic rings. The highest BCUT2D eigenvalue weighted by Gasteiger charge is 2.36. The molecule has 0 radical (unpaired) electrons. The van der Waals surface area contributed by atoms with Crippen molar-refractivity contribution in [1.82, 2.24) is 10.2 Å².